The first-order valence-corrected chi connectivity index (χ1v) is 9.61. The van der Waals surface area contributed by atoms with E-state index in [0.29, 0.717) is 5.56 Å². The van der Waals surface area contributed by atoms with Crippen molar-refractivity contribution in [3.05, 3.63) is 108 Å². The average molecular weight is 378 g/mol. The van der Waals surface area contributed by atoms with Crippen LogP contribution in [-0.2, 0) is 4.74 Å². The van der Waals surface area contributed by atoms with Crippen molar-refractivity contribution in [1.82, 2.24) is 0 Å². The fourth-order valence-electron chi connectivity index (χ4n) is 3.64. The molecule has 0 radical (unpaired) electrons. The normalized spacial score (nSPS) is 10.6. The largest absolute Gasteiger partial charge is 0.465 e. The van der Waals surface area contributed by atoms with Gasteiger partial charge in [-0.2, -0.15) is 0 Å². The third-order valence-electron chi connectivity index (χ3n) is 5.08. The Morgan fingerprint density at radius 3 is 2.03 bits per heavy atom. The minimum Gasteiger partial charge on any atom is -0.465 e. The predicted molar refractivity (Wildman–Crippen MR) is 119 cm³/mol. The zero-order valence-electron chi connectivity index (χ0n) is 16.6. The van der Waals surface area contributed by atoms with Gasteiger partial charge in [-0.3, -0.25) is 0 Å². The molecule has 4 aromatic rings. The smallest absolute Gasteiger partial charge is 0.338 e. The maximum Gasteiger partial charge on any atom is 0.338 e. The van der Waals surface area contributed by atoms with Gasteiger partial charge >= 0.3 is 5.97 Å². The van der Waals surface area contributed by atoms with Crippen LogP contribution in [0.5, 0.6) is 0 Å². The Kier molecular flexibility index (Phi) is 5.26. The second kappa shape index (κ2) is 8.15. The average Bonchev–Trinajstić information content (AvgIpc) is 2.79. The minimum absolute atomic E-state index is 0.326. The monoisotopic (exact) mass is 378 g/mol. The van der Waals surface area contributed by atoms with Crippen LogP contribution >= 0.6 is 0 Å². The van der Waals surface area contributed by atoms with Gasteiger partial charge in [-0.05, 0) is 52.4 Å². The standard InChI is InChI=1S/C27H22O2/c1-19-15-16-25(27(28)29-2)26(17-19)24-14-7-6-13-23(24)22-12-8-11-21(18-22)20-9-4-3-5-10-20/h3-18H,1-2H3. The highest BCUT2D eigenvalue weighted by atomic mass is 16.5. The molecule has 4 aromatic carbocycles. The first-order valence-electron chi connectivity index (χ1n) is 9.61. The second-order valence-electron chi connectivity index (χ2n) is 7.03. The number of hydrogen-bond acceptors (Lipinski definition) is 2. The Morgan fingerprint density at radius 1 is 0.621 bits per heavy atom. The van der Waals surface area contributed by atoms with Crippen LogP contribution in [0.4, 0.5) is 0 Å². The van der Waals surface area contributed by atoms with Crippen molar-refractivity contribution in [3.63, 3.8) is 0 Å². The van der Waals surface area contributed by atoms with Crippen molar-refractivity contribution in [3.8, 4) is 33.4 Å². The maximum atomic E-state index is 12.4. The number of benzene rings is 4. The fourth-order valence-corrected chi connectivity index (χ4v) is 3.64. The highest BCUT2D eigenvalue weighted by Gasteiger charge is 2.16. The molecule has 0 N–H and O–H groups in total. The van der Waals surface area contributed by atoms with E-state index in [2.05, 4.69) is 48.5 Å². The topological polar surface area (TPSA) is 26.3 Å². The molecule has 0 spiro atoms. The second-order valence-corrected chi connectivity index (χ2v) is 7.03. The van der Waals surface area contributed by atoms with E-state index in [1.807, 2.05) is 55.5 Å². The van der Waals surface area contributed by atoms with Crippen molar-refractivity contribution in [1.29, 1.82) is 0 Å². The van der Waals surface area contributed by atoms with Crippen LogP contribution in [0.3, 0.4) is 0 Å². The molecule has 29 heavy (non-hydrogen) atoms. The van der Waals surface area contributed by atoms with Gasteiger partial charge in [-0.1, -0.05) is 90.5 Å². The van der Waals surface area contributed by atoms with Gasteiger partial charge in [-0.25, -0.2) is 4.79 Å². The summed E-state index contributed by atoms with van der Waals surface area (Å²) < 4.78 is 5.02. The van der Waals surface area contributed by atoms with Crippen LogP contribution in [0, 0.1) is 6.92 Å². The Balaban J connectivity index is 1.88. The first-order chi connectivity index (χ1) is 14.2. The SMILES string of the molecule is COC(=O)c1ccc(C)cc1-c1ccccc1-c1cccc(-c2ccccc2)c1. The van der Waals surface area contributed by atoms with Crippen LogP contribution in [0.2, 0.25) is 0 Å². The summed E-state index contributed by atoms with van der Waals surface area (Å²) >= 11 is 0. The van der Waals surface area contributed by atoms with Crippen LogP contribution in [0.25, 0.3) is 33.4 Å². The van der Waals surface area contributed by atoms with E-state index in [4.69, 9.17) is 4.74 Å². The summed E-state index contributed by atoms with van der Waals surface area (Å²) in [6.07, 6.45) is 0. The number of rotatable bonds is 4. The van der Waals surface area contributed by atoms with Gasteiger partial charge < -0.3 is 4.74 Å². The number of esters is 1. The van der Waals surface area contributed by atoms with Crippen LogP contribution < -0.4 is 0 Å². The summed E-state index contributed by atoms with van der Waals surface area (Å²) in [5.41, 5.74) is 8.11. The van der Waals surface area contributed by atoms with Crippen LogP contribution in [-0.4, -0.2) is 13.1 Å². The van der Waals surface area contributed by atoms with Gasteiger partial charge in [-0.15, -0.1) is 0 Å². The van der Waals surface area contributed by atoms with Gasteiger partial charge in [0.15, 0.2) is 0 Å². The molecule has 0 atom stereocenters. The molecule has 4 rings (SSSR count). The van der Waals surface area contributed by atoms with E-state index < -0.39 is 0 Å². The third kappa shape index (κ3) is 3.83. The summed E-state index contributed by atoms with van der Waals surface area (Å²) in [7, 11) is 1.42. The molecule has 0 heterocycles. The van der Waals surface area contributed by atoms with Gasteiger partial charge in [0.05, 0.1) is 12.7 Å². The lowest BCUT2D eigenvalue weighted by molar-refractivity contribution is 0.0601. The molecule has 2 heteroatoms. The fraction of sp³-hybridized carbons (Fsp3) is 0.0741. The Morgan fingerprint density at radius 2 is 1.28 bits per heavy atom. The predicted octanol–water partition coefficient (Wildman–Crippen LogP) is 6.78. The van der Waals surface area contributed by atoms with E-state index >= 15 is 0 Å². The Labute approximate surface area is 171 Å². The minimum atomic E-state index is -0.326. The molecule has 0 aliphatic rings. The summed E-state index contributed by atoms with van der Waals surface area (Å²) in [5, 5.41) is 0. The quantitative estimate of drug-likeness (QED) is 0.366. The van der Waals surface area contributed by atoms with Crippen molar-refractivity contribution >= 4 is 5.97 Å². The lowest BCUT2D eigenvalue weighted by Crippen LogP contribution is -2.04. The highest BCUT2D eigenvalue weighted by molar-refractivity contribution is 6.00. The molecule has 2 nitrogen and oxygen atoms in total. The van der Waals surface area contributed by atoms with Crippen molar-refractivity contribution in [2.24, 2.45) is 0 Å². The summed E-state index contributed by atoms with van der Waals surface area (Å²) in [6, 6.07) is 32.9. The third-order valence-corrected chi connectivity index (χ3v) is 5.08. The van der Waals surface area contributed by atoms with E-state index in [-0.39, 0.29) is 5.97 Å². The number of carbonyl (C=O) groups excluding carboxylic acids is 1. The van der Waals surface area contributed by atoms with E-state index in [1.165, 1.54) is 12.7 Å². The van der Waals surface area contributed by atoms with Gasteiger partial charge in [0.25, 0.3) is 0 Å². The molecular weight excluding hydrogens is 356 g/mol. The number of methoxy groups -OCH3 is 1. The van der Waals surface area contributed by atoms with Gasteiger partial charge in [0.2, 0.25) is 0 Å². The molecule has 0 amide bonds. The molecule has 0 saturated heterocycles. The molecule has 0 unspecified atom stereocenters. The Bertz CT molecular complexity index is 1160. The molecule has 0 aliphatic heterocycles. The first kappa shape index (κ1) is 18.7. The summed E-state index contributed by atoms with van der Waals surface area (Å²) in [5.74, 6) is -0.326. The molecule has 142 valence electrons. The van der Waals surface area contributed by atoms with Crippen molar-refractivity contribution < 1.29 is 9.53 Å². The molecule has 0 aromatic heterocycles. The lowest BCUT2D eigenvalue weighted by atomic mass is 9.90. The van der Waals surface area contributed by atoms with Crippen molar-refractivity contribution in [2.45, 2.75) is 6.92 Å². The molecule has 0 saturated carbocycles. The van der Waals surface area contributed by atoms with Gasteiger partial charge in [0.1, 0.15) is 0 Å². The zero-order chi connectivity index (χ0) is 20.2. The zero-order valence-corrected chi connectivity index (χ0v) is 16.6. The van der Waals surface area contributed by atoms with E-state index in [1.54, 1.807) is 0 Å². The maximum absolute atomic E-state index is 12.4. The molecular formula is C27H22O2. The molecule has 0 fully saturated rings. The highest BCUT2D eigenvalue weighted by Crippen LogP contribution is 2.36. The molecule has 0 bridgehead atoms. The molecule has 0 aliphatic carbocycles. The number of ether oxygens (including phenoxy) is 1. The summed E-state index contributed by atoms with van der Waals surface area (Å²) in [4.78, 5) is 12.4. The van der Waals surface area contributed by atoms with Crippen LogP contribution in [0.1, 0.15) is 15.9 Å². The van der Waals surface area contributed by atoms with Crippen LogP contribution in [0.15, 0.2) is 97.1 Å². The van der Waals surface area contributed by atoms with Crippen molar-refractivity contribution in [2.75, 3.05) is 7.11 Å². The number of carbonyl (C=O) groups is 1. The lowest BCUT2D eigenvalue weighted by Gasteiger charge is -2.15. The number of hydrogen-bond donors (Lipinski definition) is 0. The Hall–Kier alpha value is -3.65. The summed E-state index contributed by atoms with van der Waals surface area (Å²) in [6.45, 7) is 2.03. The van der Waals surface area contributed by atoms with E-state index in [9.17, 15) is 4.79 Å². The van der Waals surface area contributed by atoms with Gasteiger partial charge in [0, 0.05) is 0 Å². The van der Waals surface area contributed by atoms with E-state index in [0.717, 1.165) is 33.4 Å². The number of aryl methyl sites for hydroxylation is 1.